The second-order valence-electron chi connectivity index (χ2n) is 9.43. The van der Waals surface area contributed by atoms with Crippen molar-refractivity contribution in [3.63, 3.8) is 0 Å². The zero-order valence-electron chi connectivity index (χ0n) is 19.8. The number of fused-ring (bicyclic) bond motifs is 8. The third-order valence-electron chi connectivity index (χ3n) is 7.30. The number of benzene rings is 5. The Hall–Kier alpha value is -5.02. The highest BCUT2D eigenvalue weighted by atomic mass is 16.3. The first-order chi connectivity index (χ1) is 18.3. The standard InChI is InChI=1S/C34H20N2O/c1-3-9-29-26(8-1)32-27(17-15-22-6-5-19-35-34(22)32)33(36-29)23-13-11-21(12-14-23)24-16-18-31-28(20-24)25-7-2-4-10-30(25)37-31/h1-20H. The number of rotatable bonds is 2. The molecule has 5 aromatic carbocycles. The first-order valence-electron chi connectivity index (χ1n) is 12.4. The van der Waals surface area contributed by atoms with Gasteiger partial charge in [-0.2, -0.15) is 0 Å². The van der Waals surface area contributed by atoms with E-state index in [4.69, 9.17) is 14.4 Å². The minimum absolute atomic E-state index is 0.911. The Morgan fingerprint density at radius 2 is 1.27 bits per heavy atom. The fourth-order valence-corrected chi connectivity index (χ4v) is 5.52. The summed E-state index contributed by atoms with van der Waals surface area (Å²) in [5.41, 5.74) is 8.20. The normalized spacial score (nSPS) is 11.8. The molecule has 0 N–H and O–H groups in total. The van der Waals surface area contributed by atoms with Gasteiger partial charge in [-0.05, 0) is 41.5 Å². The van der Waals surface area contributed by atoms with Crippen molar-refractivity contribution in [2.24, 2.45) is 0 Å². The predicted octanol–water partition coefficient (Wildman–Crippen LogP) is 9.17. The molecule has 0 amide bonds. The Kier molecular flexibility index (Phi) is 4.23. The first kappa shape index (κ1) is 20.2. The summed E-state index contributed by atoms with van der Waals surface area (Å²) < 4.78 is 6.01. The van der Waals surface area contributed by atoms with Gasteiger partial charge in [0, 0.05) is 44.1 Å². The molecule has 3 heteroatoms. The molecule has 0 radical (unpaired) electrons. The molecular weight excluding hydrogens is 452 g/mol. The number of hydrogen-bond acceptors (Lipinski definition) is 3. The number of nitrogens with zero attached hydrogens (tertiary/aromatic N) is 2. The van der Waals surface area contributed by atoms with Crippen molar-refractivity contribution in [1.82, 2.24) is 9.97 Å². The lowest BCUT2D eigenvalue weighted by atomic mass is 9.96. The van der Waals surface area contributed by atoms with Crippen LogP contribution >= 0.6 is 0 Å². The van der Waals surface area contributed by atoms with Crippen LogP contribution < -0.4 is 0 Å². The molecule has 3 nitrogen and oxygen atoms in total. The van der Waals surface area contributed by atoms with Crippen LogP contribution in [0, 0.1) is 0 Å². The number of aromatic nitrogens is 2. The minimum atomic E-state index is 0.911. The summed E-state index contributed by atoms with van der Waals surface area (Å²) in [5.74, 6) is 0. The molecule has 0 atom stereocenters. The van der Waals surface area contributed by atoms with Crippen molar-refractivity contribution in [3.8, 4) is 22.4 Å². The summed E-state index contributed by atoms with van der Waals surface area (Å²) in [6.07, 6.45) is 1.87. The van der Waals surface area contributed by atoms with Crippen molar-refractivity contribution < 1.29 is 4.42 Å². The van der Waals surface area contributed by atoms with Gasteiger partial charge in [0.15, 0.2) is 0 Å². The quantitative estimate of drug-likeness (QED) is 0.235. The van der Waals surface area contributed by atoms with Crippen LogP contribution in [0.1, 0.15) is 0 Å². The average Bonchev–Trinajstić information content (AvgIpc) is 3.34. The van der Waals surface area contributed by atoms with Gasteiger partial charge in [0.25, 0.3) is 0 Å². The van der Waals surface area contributed by atoms with Crippen LogP contribution in [0.5, 0.6) is 0 Å². The molecule has 0 aliphatic carbocycles. The second-order valence-corrected chi connectivity index (χ2v) is 9.43. The number of pyridine rings is 2. The molecule has 3 aromatic heterocycles. The van der Waals surface area contributed by atoms with Crippen molar-refractivity contribution in [2.75, 3.05) is 0 Å². The van der Waals surface area contributed by atoms with E-state index in [1.165, 1.54) is 0 Å². The molecule has 0 spiro atoms. The summed E-state index contributed by atoms with van der Waals surface area (Å²) >= 11 is 0. The molecule has 0 fully saturated rings. The summed E-state index contributed by atoms with van der Waals surface area (Å²) in [4.78, 5) is 9.87. The van der Waals surface area contributed by atoms with Crippen molar-refractivity contribution in [1.29, 1.82) is 0 Å². The Morgan fingerprint density at radius 3 is 2.19 bits per heavy atom. The van der Waals surface area contributed by atoms with Crippen molar-refractivity contribution >= 4 is 54.5 Å². The Labute approximate surface area is 212 Å². The molecule has 0 saturated heterocycles. The van der Waals surface area contributed by atoms with Crippen molar-refractivity contribution in [2.45, 2.75) is 0 Å². The maximum Gasteiger partial charge on any atom is 0.135 e. The van der Waals surface area contributed by atoms with Gasteiger partial charge in [-0.25, -0.2) is 4.98 Å². The van der Waals surface area contributed by atoms with Gasteiger partial charge in [-0.15, -0.1) is 0 Å². The highest BCUT2D eigenvalue weighted by Crippen LogP contribution is 2.37. The lowest BCUT2D eigenvalue weighted by Crippen LogP contribution is -1.92. The first-order valence-corrected chi connectivity index (χ1v) is 12.4. The molecule has 0 aliphatic heterocycles. The van der Waals surface area contributed by atoms with Crippen molar-refractivity contribution in [3.05, 3.63) is 121 Å². The van der Waals surface area contributed by atoms with E-state index in [0.717, 1.165) is 76.9 Å². The van der Waals surface area contributed by atoms with Gasteiger partial charge in [0.1, 0.15) is 11.2 Å². The van der Waals surface area contributed by atoms with E-state index < -0.39 is 0 Å². The third kappa shape index (κ3) is 3.08. The summed E-state index contributed by atoms with van der Waals surface area (Å²) in [5, 5.41) is 6.81. The number of hydrogen-bond donors (Lipinski definition) is 0. The molecular formula is C34H20N2O. The highest BCUT2D eigenvalue weighted by Gasteiger charge is 2.14. The molecule has 0 unspecified atom stereocenters. The average molecular weight is 473 g/mol. The van der Waals surface area contributed by atoms with Gasteiger partial charge >= 0.3 is 0 Å². The molecule has 0 bridgehead atoms. The SMILES string of the molecule is c1cnc2c(c1)ccc1c(-c3ccc(-c4ccc5oc6ccccc6c5c4)cc3)nc3ccccc3c12. The largest absolute Gasteiger partial charge is 0.456 e. The zero-order valence-corrected chi connectivity index (χ0v) is 19.8. The fourth-order valence-electron chi connectivity index (χ4n) is 5.52. The van der Waals surface area contributed by atoms with Crippen LogP contribution in [-0.4, -0.2) is 9.97 Å². The molecule has 37 heavy (non-hydrogen) atoms. The maximum atomic E-state index is 6.01. The van der Waals surface area contributed by atoms with E-state index in [-0.39, 0.29) is 0 Å². The molecule has 0 saturated carbocycles. The monoisotopic (exact) mass is 472 g/mol. The van der Waals surface area contributed by atoms with E-state index in [1.807, 2.05) is 30.5 Å². The Bertz CT molecular complexity index is 2120. The molecule has 8 rings (SSSR count). The van der Waals surface area contributed by atoms with Crippen LogP contribution in [0.2, 0.25) is 0 Å². The van der Waals surface area contributed by atoms with Crippen LogP contribution in [0.25, 0.3) is 76.9 Å². The van der Waals surface area contributed by atoms with Gasteiger partial charge in [0.05, 0.1) is 16.7 Å². The van der Waals surface area contributed by atoms with Gasteiger partial charge in [0.2, 0.25) is 0 Å². The smallest absolute Gasteiger partial charge is 0.135 e. The highest BCUT2D eigenvalue weighted by molar-refractivity contribution is 6.21. The fraction of sp³-hybridized carbons (Fsp3) is 0. The van der Waals surface area contributed by atoms with Crippen LogP contribution in [0.3, 0.4) is 0 Å². The third-order valence-corrected chi connectivity index (χ3v) is 7.30. The molecule has 0 aliphatic rings. The lowest BCUT2D eigenvalue weighted by Gasteiger charge is -2.12. The maximum absolute atomic E-state index is 6.01. The molecule has 8 aromatic rings. The molecule has 3 heterocycles. The van der Waals surface area contributed by atoms with Gasteiger partial charge < -0.3 is 4.42 Å². The van der Waals surface area contributed by atoms with E-state index in [0.29, 0.717) is 0 Å². The lowest BCUT2D eigenvalue weighted by molar-refractivity contribution is 0.669. The molecule has 172 valence electrons. The minimum Gasteiger partial charge on any atom is -0.456 e. The van der Waals surface area contributed by atoms with Crippen LogP contribution in [0.4, 0.5) is 0 Å². The van der Waals surface area contributed by atoms with E-state index in [2.05, 4.69) is 91.0 Å². The predicted molar refractivity (Wildman–Crippen MR) is 153 cm³/mol. The Morgan fingerprint density at radius 1 is 0.514 bits per heavy atom. The van der Waals surface area contributed by atoms with E-state index >= 15 is 0 Å². The second kappa shape index (κ2) is 7.74. The van der Waals surface area contributed by atoms with E-state index in [1.54, 1.807) is 0 Å². The topological polar surface area (TPSA) is 38.9 Å². The summed E-state index contributed by atoms with van der Waals surface area (Å²) in [6, 6.07) is 40.1. The summed E-state index contributed by atoms with van der Waals surface area (Å²) in [6.45, 7) is 0. The van der Waals surface area contributed by atoms with E-state index in [9.17, 15) is 0 Å². The van der Waals surface area contributed by atoms with Crippen LogP contribution in [-0.2, 0) is 0 Å². The zero-order chi connectivity index (χ0) is 24.3. The Balaban J connectivity index is 1.30. The van der Waals surface area contributed by atoms with Gasteiger partial charge in [-0.3, -0.25) is 4.98 Å². The number of furan rings is 1. The van der Waals surface area contributed by atoms with Gasteiger partial charge in [-0.1, -0.05) is 84.9 Å². The number of para-hydroxylation sites is 2. The van der Waals surface area contributed by atoms with Crippen LogP contribution in [0.15, 0.2) is 126 Å². The summed E-state index contributed by atoms with van der Waals surface area (Å²) in [7, 11) is 0.